The fourth-order valence-electron chi connectivity index (χ4n) is 7.26. The van der Waals surface area contributed by atoms with Gasteiger partial charge in [0, 0.05) is 5.41 Å². The smallest absolute Gasteiger partial charge is 0.399 e. The third-order valence-electron chi connectivity index (χ3n) is 10.3. The van der Waals surface area contributed by atoms with E-state index in [9.17, 15) is 0 Å². The highest BCUT2D eigenvalue weighted by Crippen LogP contribution is 2.50. The molecule has 1 heterocycles. The summed E-state index contributed by atoms with van der Waals surface area (Å²) in [4.78, 5) is 0. The molecule has 0 atom stereocenters. The number of benzene rings is 6. The maximum absolute atomic E-state index is 6.62. The molecule has 2 aliphatic rings. The zero-order chi connectivity index (χ0) is 29.0. The van der Waals surface area contributed by atoms with Crippen molar-refractivity contribution in [3.63, 3.8) is 0 Å². The van der Waals surface area contributed by atoms with E-state index in [1.807, 2.05) is 0 Å². The van der Waals surface area contributed by atoms with Crippen molar-refractivity contribution < 1.29 is 9.31 Å². The van der Waals surface area contributed by atoms with E-state index in [-0.39, 0.29) is 5.41 Å². The molecule has 0 aromatic heterocycles. The van der Waals surface area contributed by atoms with Crippen molar-refractivity contribution in [2.75, 3.05) is 0 Å². The van der Waals surface area contributed by atoms with E-state index in [1.165, 1.54) is 65.7 Å². The summed E-state index contributed by atoms with van der Waals surface area (Å²) < 4.78 is 13.2. The molecular weight excluding hydrogens is 511 g/mol. The molecule has 1 aliphatic carbocycles. The van der Waals surface area contributed by atoms with Crippen LogP contribution in [0.1, 0.15) is 52.7 Å². The van der Waals surface area contributed by atoms with Gasteiger partial charge >= 0.3 is 7.12 Å². The standard InChI is InChI=1S/C39H35BO2/c1-37(2)33-16-10-9-14-29(33)30-21-19-25(23-34(30)37)24-18-20-28-26-12-7-8-13-27(26)31-15-11-17-35(36(31)32(28)22-24)40-41-38(3,4)39(5,6)42-40/h7-23H,1-6H3. The number of hydrogen-bond donors (Lipinski definition) is 0. The fraction of sp³-hybridized carbons (Fsp3) is 0.231. The Balaban J connectivity index is 1.38. The first-order valence-corrected chi connectivity index (χ1v) is 15.0. The van der Waals surface area contributed by atoms with Crippen LogP contribution in [0.4, 0.5) is 0 Å². The van der Waals surface area contributed by atoms with Crippen LogP contribution in [0.3, 0.4) is 0 Å². The van der Waals surface area contributed by atoms with E-state index in [2.05, 4.69) is 145 Å². The summed E-state index contributed by atoms with van der Waals surface area (Å²) in [5.74, 6) is 0. The van der Waals surface area contributed by atoms with Gasteiger partial charge in [0.1, 0.15) is 0 Å². The lowest BCUT2D eigenvalue weighted by Crippen LogP contribution is -2.41. The van der Waals surface area contributed by atoms with Crippen molar-refractivity contribution >= 4 is 44.9 Å². The second-order valence-corrected chi connectivity index (χ2v) is 13.6. The molecule has 1 saturated heterocycles. The van der Waals surface area contributed by atoms with E-state index < -0.39 is 18.3 Å². The third-order valence-corrected chi connectivity index (χ3v) is 10.3. The SMILES string of the molecule is CC1(C)c2ccccc2-c2ccc(-c3ccc4c5ccccc5c5cccc(B6OC(C)(C)C(C)(C)O6)c5c4c3)cc21. The van der Waals surface area contributed by atoms with Crippen LogP contribution in [-0.2, 0) is 14.7 Å². The first kappa shape index (κ1) is 25.8. The van der Waals surface area contributed by atoms with Gasteiger partial charge in [0.2, 0.25) is 0 Å². The molecule has 0 radical (unpaired) electrons. The molecule has 8 rings (SSSR count). The Bertz CT molecular complexity index is 2070. The number of rotatable bonds is 2. The van der Waals surface area contributed by atoms with Gasteiger partial charge in [-0.15, -0.1) is 0 Å². The quantitative estimate of drug-likeness (QED) is 0.159. The first-order chi connectivity index (χ1) is 20.1. The molecule has 206 valence electrons. The molecule has 6 aromatic rings. The highest BCUT2D eigenvalue weighted by atomic mass is 16.7. The lowest BCUT2D eigenvalue weighted by Gasteiger charge is -2.32. The Morgan fingerprint density at radius 3 is 1.81 bits per heavy atom. The average molecular weight is 547 g/mol. The third kappa shape index (κ3) is 3.47. The van der Waals surface area contributed by atoms with Crippen molar-refractivity contribution in [3.05, 3.63) is 114 Å². The molecule has 0 saturated carbocycles. The minimum atomic E-state index is -0.439. The summed E-state index contributed by atoms with van der Waals surface area (Å²) in [5.41, 5.74) is 8.19. The number of fused-ring (bicyclic) bond motifs is 9. The van der Waals surface area contributed by atoms with Crippen LogP contribution in [-0.4, -0.2) is 18.3 Å². The Labute approximate surface area is 248 Å². The molecule has 0 bridgehead atoms. The van der Waals surface area contributed by atoms with Crippen LogP contribution < -0.4 is 5.46 Å². The topological polar surface area (TPSA) is 18.5 Å². The number of hydrogen-bond acceptors (Lipinski definition) is 2. The lowest BCUT2D eigenvalue weighted by molar-refractivity contribution is 0.00578. The van der Waals surface area contributed by atoms with Crippen LogP contribution in [0, 0.1) is 0 Å². The first-order valence-electron chi connectivity index (χ1n) is 15.0. The van der Waals surface area contributed by atoms with Crippen molar-refractivity contribution in [3.8, 4) is 22.3 Å². The molecule has 0 amide bonds. The fourth-order valence-corrected chi connectivity index (χ4v) is 7.26. The summed E-state index contributed by atoms with van der Waals surface area (Å²) in [6, 6.07) is 38.2. The second-order valence-electron chi connectivity index (χ2n) is 13.6. The van der Waals surface area contributed by atoms with Crippen LogP contribution >= 0.6 is 0 Å². The Kier molecular flexibility index (Phi) is 5.26. The molecule has 1 aliphatic heterocycles. The van der Waals surface area contributed by atoms with Gasteiger partial charge in [0.25, 0.3) is 0 Å². The van der Waals surface area contributed by atoms with Crippen molar-refractivity contribution in [1.29, 1.82) is 0 Å². The van der Waals surface area contributed by atoms with Crippen LogP contribution in [0.2, 0.25) is 0 Å². The second kappa shape index (κ2) is 8.57. The summed E-state index contributed by atoms with van der Waals surface area (Å²) in [7, 11) is -0.439. The van der Waals surface area contributed by atoms with Crippen molar-refractivity contribution in [2.45, 2.75) is 58.2 Å². The molecule has 0 spiro atoms. The molecule has 0 N–H and O–H groups in total. The zero-order valence-electron chi connectivity index (χ0n) is 25.2. The highest BCUT2D eigenvalue weighted by Gasteiger charge is 2.52. The predicted octanol–water partition coefficient (Wildman–Crippen LogP) is 9.42. The Morgan fingerprint density at radius 2 is 1.05 bits per heavy atom. The van der Waals surface area contributed by atoms with E-state index in [0.717, 1.165) is 5.46 Å². The maximum atomic E-state index is 6.62. The highest BCUT2D eigenvalue weighted by molar-refractivity contribution is 6.66. The lowest BCUT2D eigenvalue weighted by atomic mass is 9.74. The normalized spacial score (nSPS) is 18.1. The molecule has 42 heavy (non-hydrogen) atoms. The van der Waals surface area contributed by atoms with E-state index >= 15 is 0 Å². The van der Waals surface area contributed by atoms with E-state index in [1.54, 1.807) is 0 Å². The summed E-state index contributed by atoms with van der Waals surface area (Å²) >= 11 is 0. The summed E-state index contributed by atoms with van der Waals surface area (Å²) in [6.07, 6.45) is 0. The van der Waals surface area contributed by atoms with Gasteiger partial charge < -0.3 is 9.31 Å². The molecule has 1 fully saturated rings. The molecule has 2 nitrogen and oxygen atoms in total. The molecule has 3 heteroatoms. The maximum Gasteiger partial charge on any atom is 0.495 e. The van der Waals surface area contributed by atoms with Gasteiger partial charge in [-0.3, -0.25) is 0 Å². The Morgan fingerprint density at radius 1 is 0.476 bits per heavy atom. The van der Waals surface area contributed by atoms with Gasteiger partial charge in [0.15, 0.2) is 0 Å². The average Bonchev–Trinajstić information content (AvgIpc) is 3.36. The monoisotopic (exact) mass is 546 g/mol. The minimum Gasteiger partial charge on any atom is -0.399 e. The Hall–Kier alpha value is -3.92. The molecular formula is C39H35BO2. The largest absolute Gasteiger partial charge is 0.495 e. The van der Waals surface area contributed by atoms with Crippen LogP contribution in [0.15, 0.2) is 103 Å². The predicted molar refractivity (Wildman–Crippen MR) is 178 cm³/mol. The van der Waals surface area contributed by atoms with Crippen molar-refractivity contribution in [1.82, 2.24) is 0 Å². The van der Waals surface area contributed by atoms with Gasteiger partial charge in [-0.2, -0.15) is 0 Å². The van der Waals surface area contributed by atoms with Gasteiger partial charge in [-0.05, 0) is 111 Å². The van der Waals surface area contributed by atoms with Crippen LogP contribution in [0.25, 0.3) is 54.6 Å². The van der Waals surface area contributed by atoms with Crippen molar-refractivity contribution in [2.24, 2.45) is 0 Å². The van der Waals surface area contributed by atoms with E-state index in [0.29, 0.717) is 0 Å². The summed E-state index contributed by atoms with van der Waals surface area (Å²) in [6.45, 7) is 13.2. The molecule has 0 unspecified atom stereocenters. The van der Waals surface area contributed by atoms with E-state index in [4.69, 9.17) is 9.31 Å². The zero-order valence-corrected chi connectivity index (χ0v) is 25.2. The van der Waals surface area contributed by atoms with Gasteiger partial charge in [-0.25, -0.2) is 0 Å². The van der Waals surface area contributed by atoms with Crippen LogP contribution in [0.5, 0.6) is 0 Å². The summed E-state index contributed by atoms with van der Waals surface area (Å²) in [5, 5.41) is 7.44. The van der Waals surface area contributed by atoms with Gasteiger partial charge in [-0.1, -0.05) is 105 Å². The minimum absolute atomic E-state index is 0.0361. The van der Waals surface area contributed by atoms with Gasteiger partial charge in [0.05, 0.1) is 11.2 Å². The molecule has 6 aromatic carbocycles.